The van der Waals surface area contributed by atoms with Crippen molar-refractivity contribution in [3.05, 3.63) is 60.2 Å². The van der Waals surface area contributed by atoms with E-state index in [0.717, 1.165) is 12.8 Å². The Balaban J connectivity index is 0.000000284. The number of aromatic nitrogens is 2. The Labute approximate surface area is 129 Å². The summed E-state index contributed by atoms with van der Waals surface area (Å²) in [6, 6.07) is 8.11. The summed E-state index contributed by atoms with van der Waals surface area (Å²) in [6.45, 7) is 4.27. The summed E-state index contributed by atoms with van der Waals surface area (Å²) in [6.07, 6.45) is 9.47. The minimum absolute atomic E-state index is 0.569. The standard InChI is InChI=1S/2C7H9N.2ClH.Ni/c2*1-2-7-3-5-8-6-4-7;;;/h2*3-6H,2H2,1H3;2*1H;/q;;;;+2/p-2. The van der Waals surface area contributed by atoms with Crippen molar-refractivity contribution in [2.45, 2.75) is 26.7 Å². The van der Waals surface area contributed by atoms with Crippen molar-refractivity contribution in [1.82, 2.24) is 9.97 Å². The van der Waals surface area contributed by atoms with E-state index in [1.807, 2.05) is 49.1 Å². The van der Waals surface area contributed by atoms with E-state index in [-0.39, 0.29) is 0 Å². The number of aryl methyl sites for hydroxylation is 2. The summed E-state index contributed by atoms with van der Waals surface area (Å²) in [4.78, 5) is 7.79. The first-order valence-corrected chi connectivity index (χ1v) is 8.60. The monoisotopic (exact) mass is 342 g/mol. The quantitative estimate of drug-likeness (QED) is 0.741. The molecule has 0 spiro atoms. The van der Waals surface area contributed by atoms with Crippen LogP contribution in [0.1, 0.15) is 25.0 Å². The predicted molar refractivity (Wildman–Crippen MR) is 78.9 cm³/mol. The van der Waals surface area contributed by atoms with Gasteiger partial charge in [-0.3, -0.25) is 9.97 Å². The molecule has 2 aromatic heterocycles. The van der Waals surface area contributed by atoms with Gasteiger partial charge in [-0.15, -0.1) is 0 Å². The summed E-state index contributed by atoms with van der Waals surface area (Å²) in [5.41, 5.74) is 2.69. The SMILES string of the molecule is CCc1ccncc1.CCc1ccncc1.[Cl][Ni][Cl]. The number of hydrogen-bond donors (Lipinski definition) is 0. The fourth-order valence-electron chi connectivity index (χ4n) is 1.24. The molecule has 0 bridgehead atoms. The van der Waals surface area contributed by atoms with Crippen LogP contribution in [0.25, 0.3) is 0 Å². The van der Waals surface area contributed by atoms with Crippen LogP contribution in [0.3, 0.4) is 0 Å². The van der Waals surface area contributed by atoms with Crippen molar-refractivity contribution in [3.8, 4) is 0 Å². The first-order valence-electron chi connectivity index (χ1n) is 5.88. The zero-order valence-corrected chi connectivity index (χ0v) is 13.5. The number of pyridine rings is 2. The third kappa shape index (κ3) is 10.9. The van der Waals surface area contributed by atoms with Gasteiger partial charge in [-0.05, 0) is 48.2 Å². The van der Waals surface area contributed by atoms with Crippen molar-refractivity contribution >= 4 is 20.4 Å². The molecule has 0 aliphatic carbocycles. The Morgan fingerprint density at radius 3 is 1.21 bits per heavy atom. The zero-order valence-electron chi connectivity index (χ0n) is 11.0. The van der Waals surface area contributed by atoms with Crippen molar-refractivity contribution < 1.29 is 12.7 Å². The number of halogens is 2. The van der Waals surface area contributed by atoms with Crippen LogP contribution in [0, 0.1) is 0 Å². The molecule has 0 amide bonds. The average molecular weight is 344 g/mol. The van der Waals surface area contributed by atoms with Gasteiger partial charge < -0.3 is 0 Å². The van der Waals surface area contributed by atoms with Crippen LogP contribution in [0.2, 0.25) is 0 Å². The fourth-order valence-corrected chi connectivity index (χ4v) is 1.24. The van der Waals surface area contributed by atoms with Gasteiger partial charge in [0.1, 0.15) is 0 Å². The molecule has 0 saturated heterocycles. The number of nitrogens with zero attached hydrogens (tertiary/aromatic N) is 2. The van der Waals surface area contributed by atoms with Crippen molar-refractivity contribution in [3.63, 3.8) is 0 Å². The number of hydrogen-bond acceptors (Lipinski definition) is 2. The van der Waals surface area contributed by atoms with Crippen LogP contribution in [-0.4, -0.2) is 9.97 Å². The topological polar surface area (TPSA) is 25.8 Å². The predicted octanol–water partition coefficient (Wildman–Crippen LogP) is 4.66. The Morgan fingerprint density at radius 1 is 0.789 bits per heavy atom. The molecule has 5 heteroatoms. The normalized spacial score (nSPS) is 8.84. The van der Waals surface area contributed by atoms with Gasteiger partial charge in [-0.2, -0.15) is 0 Å². The third-order valence-corrected chi connectivity index (χ3v) is 2.32. The fraction of sp³-hybridized carbons (Fsp3) is 0.286. The molecular weight excluding hydrogens is 326 g/mol. The van der Waals surface area contributed by atoms with Crippen LogP contribution in [0.5, 0.6) is 0 Å². The zero-order chi connectivity index (χ0) is 14.3. The minimum atomic E-state index is 0.569. The van der Waals surface area contributed by atoms with E-state index < -0.39 is 0 Å². The second kappa shape index (κ2) is 13.8. The van der Waals surface area contributed by atoms with Crippen molar-refractivity contribution in [1.29, 1.82) is 0 Å². The van der Waals surface area contributed by atoms with E-state index >= 15 is 0 Å². The molecule has 19 heavy (non-hydrogen) atoms. The van der Waals surface area contributed by atoms with Crippen LogP contribution >= 0.6 is 20.4 Å². The van der Waals surface area contributed by atoms with E-state index in [2.05, 4.69) is 23.8 Å². The maximum atomic E-state index is 4.70. The van der Waals surface area contributed by atoms with Crippen LogP contribution in [0.4, 0.5) is 0 Å². The molecule has 108 valence electrons. The summed E-state index contributed by atoms with van der Waals surface area (Å²) in [5.74, 6) is 0. The summed E-state index contributed by atoms with van der Waals surface area (Å²) in [5, 5.41) is 0. The Morgan fingerprint density at radius 2 is 1.05 bits per heavy atom. The summed E-state index contributed by atoms with van der Waals surface area (Å²) < 4.78 is 0. The van der Waals surface area contributed by atoms with E-state index in [4.69, 9.17) is 20.4 Å². The van der Waals surface area contributed by atoms with E-state index in [1.165, 1.54) is 11.1 Å². The first-order chi connectivity index (χ1) is 9.28. The molecular formula is C14H18Cl2N2Ni. The maximum absolute atomic E-state index is 4.70. The molecule has 2 aromatic rings. The van der Waals surface area contributed by atoms with E-state index in [1.54, 1.807) is 0 Å². The number of rotatable bonds is 2. The molecule has 0 saturated carbocycles. The summed E-state index contributed by atoms with van der Waals surface area (Å²) in [7, 11) is 9.40. The second-order valence-corrected chi connectivity index (χ2v) is 5.09. The molecule has 2 rings (SSSR count). The van der Waals surface area contributed by atoms with E-state index in [0.29, 0.717) is 12.7 Å². The van der Waals surface area contributed by atoms with E-state index in [9.17, 15) is 0 Å². The first kappa shape index (κ1) is 18.4. The molecule has 2 heterocycles. The van der Waals surface area contributed by atoms with Gasteiger partial charge in [0.05, 0.1) is 0 Å². The molecule has 0 aliphatic heterocycles. The molecule has 0 radical (unpaired) electrons. The van der Waals surface area contributed by atoms with Gasteiger partial charge in [-0.1, -0.05) is 13.8 Å². The summed E-state index contributed by atoms with van der Waals surface area (Å²) >= 11 is 0.569. The average Bonchev–Trinajstić information content (AvgIpc) is 2.50. The molecule has 0 atom stereocenters. The van der Waals surface area contributed by atoms with Crippen molar-refractivity contribution in [2.75, 3.05) is 0 Å². The Bertz CT molecular complexity index is 359. The van der Waals surface area contributed by atoms with Gasteiger partial charge in [0.25, 0.3) is 0 Å². The molecule has 0 unspecified atom stereocenters. The van der Waals surface area contributed by atoms with Crippen LogP contribution in [-0.2, 0) is 25.5 Å². The van der Waals surface area contributed by atoms with Gasteiger partial charge in [0, 0.05) is 24.8 Å². The second-order valence-electron chi connectivity index (χ2n) is 3.46. The van der Waals surface area contributed by atoms with Gasteiger partial charge in [-0.25, -0.2) is 0 Å². The van der Waals surface area contributed by atoms with Gasteiger partial charge >= 0.3 is 33.0 Å². The Kier molecular flexibility index (Phi) is 13.3. The molecule has 0 fully saturated rings. The molecule has 0 N–H and O–H groups in total. The molecule has 2 nitrogen and oxygen atoms in total. The van der Waals surface area contributed by atoms with Crippen molar-refractivity contribution in [2.24, 2.45) is 0 Å². The van der Waals surface area contributed by atoms with Crippen LogP contribution < -0.4 is 0 Å². The van der Waals surface area contributed by atoms with Gasteiger partial charge in [0.2, 0.25) is 0 Å². The van der Waals surface area contributed by atoms with Gasteiger partial charge in [0.15, 0.2) is 0 Å². The third-order valence-electron chi connectivity index (χ3n) is 2.32. The molecule has 0 aromatic carbocycles. The molecule has 0 aliphatic rings. The van der Waals surface area contributed by atoms with Crippen LogP contribution in [0.15, 0.2) is 49.1 Å². The Hall–Kier alpha value is -0.626.